The number of aromatic hydroxyl groups is 1. The van der Waals surface area contributed by atoms with Crippen LogP contribution >= 0.6 is 0 Å². The summed E-state index contributed by atoms with van der Waals surface area (Å²) >= 11 is 0. The third-order valence-electron chi connectivity index (χ3n) is 17.1. The lowest BCUT2D eigenvalue weighted by Crippen LogP contribution is -2.62. The molecule has 0 saturated carbocycles. The smallest absolute Gasteiger partial charge is 0.328 e. The number of fused-ring (bicyclic) bond motifs is 4. The monoisotopic (exact) mass is 1200 g/mol. The molecule has 5 heterocycles. The minimum Gasteiger partial charge on any atom is -0.508 e. The van der Waals surface area contributed by atoms with Gasteiger partial charge >= 0.3 is 5.97 Å². The molecule has 5 saturated heterocycles. The van der Waals surface area contributed by atoms with Crippen LogP contribution in [0.15, 0.2) is 54.6 Å². The lowest BCUT2D eigenvalue weighted by atomic mass is 9.95. The molecular weight excluding hydrogens is 1120 g/mol. The summed E-state index contributed by atoms with van der Waals surface area (Å²) in [5.74, 6) is -10.3. The van der Waals surface area contributed by atoms with Crippen molar-refractivity contribution >= 4 is 65.0 Å². The molecule has 7 rings (SSSR count). The van der Waals surface area contributed by atoms with Crippen molar-refractivity contribution in [1.29, 1.82) is 0 Å². The number of ether oxygens (including phenoxy) is 1. The topological polar surface area (TPSA) is 354 Å². The van der Waals surface area contributed by atoms with Crippen LogP contribution in [0.4, 0.5) is 0 Å². The molecule has 5 fully saturated rings. The molecule has 0 bridgehead atoms. The first-order valence-electron chi connectivity index (χ1n) is 29.7. The Kier molecular flexibility index (Phi) is 22.3. The summed E-state index contributed by atoms with van der Waals surface area (Å²) in [6.45, 7) is 7.45. The fraction of sp³-hybridized carbons (Fsp3) is 0.617. The largest absolute Gasteiger partial charge is 0.508 e. The van der Waals surface area contributed by atoms with Gasteiger partial charge in [-0.2, -0.15) is 0 Å². The third kappa shape index (κ3) is 15.8. The highest BCUT2D eigenvalue weighted by Gasteiger charge is 2.51. The number of aliphatic hydroxyl groups is 3. The first-order chi connectivity index (χ1) is 40.8. The SMILES string of the molecule is CC[C@H](C)[C@@H]1NC(=O)[C@@H](CC(C)C)NC(=O)[C@@H]2C[C@H](C)CN2C(=O)[C@@H](NC(=O)[C@H](Cc2ccccc2)N(C)C(C)=O)COC(=O)[C@@H]2CCCN2C(=O)[C@@H]2C[C@@H](O)CN2C(=O)[C@@H]2C[C@@H](O)CN2C(=O)[C@H](CO)NC(=O)[C@H](Cc2ccc(O)cc2)NC1=O. The maximum atomic E-state index is 15.2. The van der Waals surface area contributed by atoms with Gasteiger partial charge in [0.05, 0.1) is 18.8 Å². The molecule has 2 aromatic rings. The second kappa shape index (κ2) is 29.1. The minimum atomic E-state index is -1.77. The third-order valence-corrected chi connectivity index (χ3v) is 17.1. The zero-order valence-electron chi connectivity index (χ0n) is 49.9. The quantitative estimate of drug-likeness (QED) is 0.106. The number of likely N-dealkylation sites (N-methyl/N-ethyl adjacent to an activating group) is 1. The first-order valence-corrected chi connectivity index (χ1v) is 29.7. The van der Waals surface area contributed by atoms with Gasteiger partial charge in [0, 0.05) is 65.8 Å². The van der Waals surface area contributed by atoms with Crippen molar-refractivity contribution in [3.05, 3.63) is 65.7 Å². The lowest BCUT2D eigenvalue weighted by Gasteiger charge is -2.35. The highest BCUT2D eigenvalue weighted by Crippen LogP contribution is 2.31. The Balaban J connectivity index is 1.28. The van der Waals surface area contributed by atoms with E-state index in [2.05, 4.69) is 26.6 Å². The number of phenols is 1. The number of carbonyl (C=O) groups excluding carboxylic acids is 11. The van der Waals surface area contributed by atoms with Gasteiger partial charge in [-0.15, -0.1) is 0 Å². The van der Waals surface area contributed by atoms with Crippen LogP contribution in [0.5, 0.6) is 5.75 Å². The van der Waals surface area contributed by atoms with Crippen LogP contribution < -0.4 is 26.6 Å². The van der Waals surface area contributed by atoms with Gasteiger partial charge in [-0.05, 0) is 66.7 Å². The van der Waals surface area contributed by atoms with Gasteiger partial charge in [0.25, 0.3) is 0 Å². The number of nitrogens with one attached hydrogen (secondary N) is 5. The van der Waals surface area contributed by atoms with Crippen molar-refractivity contribution in [3.63, 3.8) is 0 Å². The Morgan fingerprint density at radius 3 is 1.87 bits per heavy atom. The molecule has 5 aliphatic heterocycles. The average Bonchev–Trinajstić information content (AvgIpc) is 2.13. The fourth-order valence-corrected chi connectivity index (χ4v) is 12.1. The average molecular weight is 1200 g/mol. The molecule has 10 amide bonds. The summed E-state index contributed by atoms with van der Waals surface area (Å²) in [7, 11) is 1.42. The van der Waals surface area contributed by atoms with Crippen LogP contribution in [-0.4, -0.2) is 229 Å². The predicted octanol–water partition coefficient (Wildman–Crippen LogP) is -1.76. The van der Waals surface area contributed by atoms with E-state index in [1.54, 1.807) is 51.1 Å². The molecular formula is C60H84N10O16. The molecule has 26 heteroatoms. The number of esters is 1. The van der Waals surface area contributed by atoms with Crippen molar-refractivity contribution in [2.45, 2.75) is 172 Å². The Labute approximate surface area is 500 Å². The van der Waals surface area contributed by atoms with Crippen LogP contribution in [0.3, 0.4) is 0 Å². The number of nitrogens with zero attached hydrogens (tertiary/aromatic N) is 5. The maximum Gasteiger partial charge on any atom is 0.328 e. The van der Waals surface area contributed by atoms with E-state index in [-0.39, 0.29) is 88.6 Å². The van der Waals surface area contributed by atoms with Gasteiger partial charge in [0.2, 0.25) is 59.1 Å². The molecule has 9 N–H and O–H groups in total. The molecule has 0 unspecified atom stereocenters. The predicted molar refractivity (Wildman–Crippen MR) is 307 cm³/mol. The van der Waals surface area contributed by atoms with Crippen molar-refractivity contribution in [2.24, 2.45) is 17.8 Å². The summed E-state index contributed by atoms with van der Waals surface area (Å²) in [4.78, 5) is 165. The van der Waals surface area contributed by atoms with E-state index in [1.807, 2.05) is 13.8 Å². The fourth-order valence-electron chi connectivity index (χ4n) is 12.1. The Hall–Kier alpha value is -7.71. The zero-order chi connectivity index (χ0) is 62.8. The van der Waals surface area contributed by atoms with Gasteiger partial charge in [-0.25, -0.2) is 4.79 Å². The normalized spacial score (nSPS) is 29.3. The zero-order valence-corrected chi connectivity index (χ0v) is 49.9. The van der Waals surface area contributed by atoms with Crippen LogP contribution in [0.25, 0.3) is 0 Å². The van der Waals surface area contributed by atoms with E-state index in [9.17, 15) is 68.4 Å². The number of rotatable bonds is 12. The van der Waals surface area contributed by atoms with E-state index in [4.69, 9.17) is 4.74 Å². The number of hydrogen-bond acceptors (Lipinski definition) is 16. The molecule has 470 valence electrons. The summed E-state index contributed by atoms with van der Waals surface area (Å²) in [5, 5.41) is 56.4. The second-order valence-electron chi connectivity index (χ2n) is 24.1. The van der Waals surface area contributed by atoms with Crippen LogP contribution in [0.1, 0.15) is 97.6 Å². The van der Waals surface area contributed by atoms with E-state index in [0.29, 0.717) is 17.5 Å². The molecule has 2 aromatic carbocycles. The standard InChI is InChI=1S/C60H84N10O16/c1-8-34(5)50-55(80)62-42(23-37-16-18-38(73)19-17-37)51(76)63-43(30-71)56(81)69-28-39(74)26-49(69)59(84)70-29-40(75)25-48(70)58(83)67-20-12-15-45(67)60(85)86-31-44(64-53(78)46(66(7)35(6)72)24-36-13-10-9-11-14-36)57(82)68-27-33(4)22-47(68)54(79)61-41(21-32(2)3)52(77)65-50/h9-11,13-14,16-19,32-34,39-50,71,73-75H,8,12,15,20-31H2,1-7H3,(H,61,79)(H,62,80)(H,63,76)(H,64,78)(H,65,77)/t33-,34-,39+,40+,41+,42-,43-,44-,45-,46-,47-,48-,49-,50-/m0/s1. The number of aliphatic hydroxyl groups excluding tert-OH is 3. The Morgan fingerprint density at radius 2 is 1.27 bits per heavy atom. The van der Waals surface area contributed by atoms with Gasteiger partial charge in [0.15, 0.2) is 0 Å². The molecule has 0 radical (unpaired) electrons. The maximum absolute atomic E-state index is 15.2. The van der Waals surface area contributed by atoms with Gasteiger partial charge < -0.3 is 76.2 Å². The van der Waals surface area contributed by atoms with Crippen LogP contribution in [0, 0.1) is 17.8 Å². The summed E-state index contributed by atoms with van der Waals surface area (Å²) in [6.07, 6.45) is -2.56. The van der Waals surface area contributed by atoms with Crippen molar-refractivity contribution < 1.29 is 77.9 Å². The summed E-state index contributed by atoms with van der Waals surface area (Å²) in [6, 6.07) is 0.280. The molecule has 0 aliphatic carbocycles. The van der Waals surface area contributed by atoms with E-state index in [1.165, 1.54) is 52.9 Å². The molecule has 5 aliphatic rings. The van der Waals surface area contributed by atoms with Gasteiger partial charge in [-0.1, -0.05) is 83.5 Å². The van der Waals surface area contributed by atoms with E-state index in [0.717, 1.165) is 9.80 Å². The van der Waals surface area contributed by atoms with Gasteiger partial charge in [0.1, 0.15) is 72.8 Å². The number of cyclic esters (lactones) is 1. The number of carbonyl (C=O) groups is 11. The molecule has 0 aromatic heterocycles. The van der Waals surface area contributed by atoms with Crippen molar-refractivity contribution in [1.82, 2.24) is 51.1 Å². The molecule has 26 nitrogen and oxygen atoms in total. The number of hydrogen-bond donors (Lipinski definition) is 9. The van der Waals surface area contributed by atoms with Crippen LogP contribution in [0.2, 0.25) is 0 Å². The highest BCUT2D eigenvalue weighted by molar-refractivity contribution is 6.00. The summed E-state index contributed by atoms with van der Waals surface area (Å²) < 4.78 is 5.88. The molecule has 86 heavy (non-hydrogen) atoms. The first kappa shape index (κ1) is 65.8. The molecule has 0 spiro atoms. The number of amides is 10. The number of benzene rings is 2. The minimum absolute atomic E-state index is 0.000260. The highest BCUT2D eigenvalue weighted by atomic mass is 16.5. The Bertz CT molecular complexity index is 2820. The van der Waals surface area contributed by atoms with E-state index < -0.39 is 163 Å². The molecule has 14 atom stereocenters. The second-order valence-corrected chi connectivity index (χ2v) is 24.1. The lowest BCUT2D eigenvalue weighted by molar-refractivity contribution is -0.158. The van der Waals surface area contributed by atoms with E-state index >= 15 is 4.79 Å². The van der Waals surface area contributed by atoms with Crippen LogP contribution in [-0.2, 0) is 70.3 Å². The van der Waals surface area contributed by atoms with Crippen molar-refractivity contribution in [3.8, 4) is 5.75 Å². The number of phenolic OH excluding ortho intramolecular Hbond substituents is 1. The van der Waals surface area contributed by atoms with Crippen molar-refractivity contribution in [2.75, 3.05) is 46.4 Å². The Morgan fingerprint density at radius 1 is 0.686 bits per heavy atom. The summed E-state index contributed by atoms with van der Waals surface area (Å²) in [5.41, 5.74) is 1.11. The van der Waals surface area contributed by atoms with Gasteiger partial charge in [-0.3, -0.25) is 47.9 Å².